The number of aromatic nitrogens is 1. The molecule has 0 aliphatic carbocycles. The molecule has 10 heteroatoms. The number of benzene rings is 2. The number of halogens is 1. The predicted molar refractivity (Wildman–Crippen MR) is 125 cm³/mol. The first-order valence-corrected chi connectivity index (χ1v) is 10.9. The van der Waals surface area contributed by atoms with Crippen LogP contribution < -0.4 is 16.0 Å². The molecule has 0 saturated carbocycles. The lowest BCUT2D eigenvalue weighted by Crippen LogP contribution is -2.44. The van der Waals surface area contributed by atoms with Crippen LogP contribution in [0.4, 0.5) is 16.2 Å². The van der Waals surface area contributed by atoms with Crippen LogP contribution in [0.25, 0.3) is 10.4 Å². The maximum atomic E-state index is 12.4. The normalized spacial score (nSPS) is 11.6. The molecule has 3 amide bonds. The van der Waals surface area contributed by atoms with Crippen molar-refractivity contribution in [2.45, 2.75) is 19.9 Å². The number of para-hydroxylation sites is 1. The topological polar surface area (TPSA) is 120 Å². The van der Waals surface area contributed by atoms with Crippen LogP contribution in [0.15, 0.2) is 54.7 Å². The number of nitrogens with zero attached hydrogens (tertiary/aromatic N) is 1. The van der Waals surface area contributed by atoms with Crippen molar-refractivity contribution in [3.8, 4) is 10.4 Å². The number of hydrogen-bond acceptors (Lipinski definition) is 5. The number of aliphatic carboxylic acids is 1. The van der Waals surface area contributed by atoms with Crippen molar-refractivity contribution in [2.24, 2.45) is 5.92 Å². The van der Waals surface area contributed by atoms with Gasteiger partial charge in [-0.2, -0.15) is 0 Å². The molecule has 3 aromatic rings. The van der Waals surface area contributed by atoms with Crippen LogP contribution in [0.2, 0.25) is 5.02 Å². The van der Waals surface area contributed by atoms with Gasteiger partial charge in [0.05, 0.1) is 15.6 Å². The van der Waals surface area contributed by atoms with E-state index in [9.17, 15) is 19.5 Å². The van der Waals surface area contributed by atoms with Gasteiger partial charge < -0.3 is 21.1 Å². The van der Waals surface area contributed by atoms with Crippen LogP contribution in [0, 0.1) is 5.92 Å². The second-order valence-electron chi connectivity index (χ2n) is 7.20. The van der Waals surface area contributed by atoms with Crippen molar-refractivity contribution in [1.82, 2.24) is 10.3 Å². The van der Waals surface area contributed by atoms with E-state index in [2.05, 4.69) is 20.9 Å². The number of anilines is 2. The van der Waals surface area contributed by atoms with E-state index in [-0.39, 0.29) is 10.9 Å². The Kier molecular flexibility index (Phi) is 7.45. The van der Waals surface area contributed by atoms with Gasteiger partial charge in [0.25, 0.3) is 5.91 Å². The van der Waals surface area contributed by atoms with Crippen LogP contribution >= 0.6 is 22.9 Å². The third-order valence-electron chi connectivity index (χ3n) is 4.47. The molecule has 0 aliphatic heterocycles. The summed E-state index contributed by atoms with van der Waals surface area (Å²) in [4.78, 5) is 40.7. The summed E-state index contributed by atoms with van der Waals surface area (Å²) in [5.74, 6) is -1.88. The molecule has 0 saturated heterocycles. The standard InChI is InChI=1S/C22H21ClN4O4S/c1-12(2)18(21(29)30)27-19(28)20-24-11-17(32-20)13-7-9-14(10-8-13)25-22(31)26-16-6-4-3-5-15(16)23/h3-12,18H,1-2H3,(H,27,28)(H,29,30)(H2,25,26,31). The zero-order chi connectivity index (χ0) is 23.3. The second-order valence-corrected chi connectivity index (χ2v) is 8.64. The number of nitrogens with one attached hydrogen (secondary N) is 3. The molecule has 1 aromatic heterocycles. The number of carboxylic acid groups (broad SMARTS) is 1. The Morgan fingerprint density at radius 2 is 1.72 bits per heavy atom. The highest BCUT2D eigenvalue weighted by atomic mass is 35.5. The Bertz CT molecular complexity index is 1130. The van der Waals surface area contributed by atoms with Crippen molar-refractivity contribution in [1.29, 1.82) is 0 Å². The summed E-state index contributed by atoms with van der Waals surface area (Å²) >= 11 is 7.19. The number of carbonyl (C=O) groups excluding carboxylic acids is 2. The number of urea groups is 1. The zero-order valence-electron chi connectivity index (χ0n) is 17.3. The van der Waals surface area contributed by atoms with Gasteiger partial charge in [0.15, 0.2) is 5.01 Å². The summed E-state index contributed by atoms with van der Waals surface area (Å²) in [6.45, 7) is 3.44. The van der Waals surface area contributed by atoms with Crippen molar-refractivity contribution in [3.63, 3.8) is 0 Å². The van der Waals surface area contributed by atoms with Crippen molar-refractivity contribution < 1.29 is 19.5 Å². The lowest BCUT2D eigenvalue weighted by Gasteiger charge is -2.16. The minimum Gasteiger partial charge on any atom is -0.480 e. The van der Waals surface area contributed by atoms with Crippen molar-refractivity contribution >= 4 is 52.2 Å². The van der Waals surface area contributed by atoms with E-state index in [1.165, 1.54) is 0 Å². The number of carboxylic acids is 1. The molecule has 2 aromatic carbocycles. The Balaban J connectivity index is 1.63. The Morgan fingerprint density at radius 3 is 2.34 bits per heavy atom. The zero-order valence-corrected chi connectivity index (χ0v) is 18.8. The summed E-state index contributed by atoms with van der Waals surface area (Å²) in [5.41, 5.74) is 1.88. The minimum absolute atomic E-state index is 0.174. The fourth-order valence-corrected chi connectivity index (χ4v) is 3.80. The molecule has 0 radical (unpaired) electrons. The van der Waals surface area contributed by atoms with E-state index >= 15 is 0 Å². The van der Waals surface area contributed by atoms with Crippen molar-refractivity contribution in [2.75, 3.05) is 10.6 Å². The van der Waals surface area contributed by atoms with Gasteiger partial charge in [-0.05, 0) is 35.7 Å². The first-order valence-electron chi connectivity index (χ1n) is 9.67. The number of amides is 3. The van der Waals surface area contributed by atoms with Crippen LogP contribution in [-0.4, -0.2) is 34.0 Å². The molecular formula is C22H21ClN4O4S. The molecule has 0 fully saturated rings. The van der Waals surface area contributed by atoms with Gasteiger partial charge in [-0.1, -0.05) is 49.7 Å². The maximum Gasteiger partial charge on any atom is 0.326 e. The summed E-state index contributed by atoms with van der Waals surface area (Å²) in [7, 11) is 0. The molecule has 0 bridgehead atoms. The van der Waals surface area contributed by atoms with E-state index in [1.807, 2.05) is 0 Å². The van der Waals surface area contributed by atoms with Gasteiger partial charge in [-0.3, -0.25) is 4.79 Å². The van der Waals surface area contributed by atoms with Gasteiger partial charge >= 0.3 is 12.0 Å². The molecule has 4 N–H and O–H groups in total. The Hall–Kier alpha value is -3.43. The summed E-state index contributed by atoms with van der Waals surface area (Å²) in [6, 6.07) is 12.5. The predicted octanol–water partition coefficient (Wildman–Crippen LogP) is 4.95. The molecule has 0 aliphatic rings. The van der Waals surface area contributed by atoms with E-state index in [1.54, 1.807) is 68.6 Å². The molecule has 8 nitrogen and oxygen atoms in total. The minimum atomic E-state index is -1.09. The molecular weight excluding hydrogens is 452 g/mol. The van der Waals surface area contributed by atoms with Crippen molar-refractivity contribution in [3.05, 3.63) is 64.8 Å². The number of carbonyl (C=O) groups is 3. The fourth-order valence-electron chi connectivity index (χ4n) is 2.79. The Morgan fingerprint density at radius 1 is 1.03 bits per heavy atom. The van der Waals surface area contributed by atoms with Gasteiger partial charge in [-0.15, -0.1) is 11.3 Å². The average Bonchev–Trinajstić information content (AvgIpc) is 3.24. The molecule has 1 unspecified atom stereocenters. The summed E-state index contributed by atoms with van der Waals surface area (Å²) in [5, 5.41) is 17.7. The van der Waals surface area contributed by atoms with Crippen LogP contribution in [0.3, 0.4) is 0 Å². The lowest BCUT2D eigenvalue weighted by molar-refractivity contribution is -0.140. The third-order valence-corrected chi connectivity index (χ3v) is 5.84. The molecule has 3 rings (SSSR count). The summed E-state index contributed by atoms with van der Waals surface area (Å²) < 4.78 is 0. The molecule has 166 valence electrons. The monoisotopic (exact) mass is 472 g/mol. The molecule has 1 heterocycles. The van der Waals surface area contributed by atoms with Crippen LogP contribution in [-0.2, 0) is 4.79 Å². The second kappa shape index (κ2) is 10.3. The maximum absolute atomic E-state index is 12.4. The first kappa shape index (κ1) is 23.2. The number of rotatable bonds is 7. The largest absolute Gasteiger partial charge is 0.480 e. The Labute approximate surface area is 193 Å². The highest BCUT2D eigenvalue weighted by Gasteiger charge is 2.25. The van der Waals surface area contributed by atoms with Gasteiger partial charge in [0, 0.05) is 11.9 Å². The summed E-state index contributed by atoms with van der Waals surface area (Å²) in [6.07, 6.45) is 1.55. The van der Waals surface area contributed by atoms with E-state index < -0.39 is 23.9 Å². The highest BCUT2D eigenvalue weighted by molar-refractivity contribution is 7.17. The van der Waals surface area contributed by atoms with Crippen LogP contribution in [0.1, 0.15) is 23.6 Å². The average molecular weight is 473 g/mol. The van der Waals surface area contributed by atoms with Gasteiger partial charge in [0.2, 0.25) is 0 Å². The molecule has 1 atom stereocenters. The molecule has 32 heavy (non-hydrogen) atoms. The SMILES string of the molecule is CC(C)C(NC(=O)c1ncc(-c2ccc(NC(=O)Nc3ccccc3Cl)cc2)s1)C(=O)O. The van der Waals surface area contributed by atoms with Crippen LogP contribution in [0.5, 0.6) is 0 Å². The fraction of sp³-hybridized carbons (Fsp3) is 0.182. The van der Waals surface area contributed by atoms with E-state index in [0.29, 0.717) is 16.4 Å². The lowest BCUT2D eigenvalue weighted by atomic mass is 10.1. The highest BCUT2D eigenvalue weighted by Crippen LogP contribution is 2.27. The smallest absolute Gasteiger partial charge is 0.326 e. The van der Waals surface area contributed by atoms with E-state index in [0.717, 1.165) is 21.8 Å². The number of thiazole rings is 1. The third kappa shape index (κ3) is 5.83. The molecule has 0 spiro atoms. The quantitative estimate of drug-likeness (QED) is 0.388. The number of hydrogen-bond donors (Lipinski definition) is 4. The van der Waals surface area contributed by atoms with Gasteiger partial charge in [0.1, 0.15) is 6.04 Å². The van der Waals surface area contributed by atoms with Gasteiger partial charge in [-0.25, -0.2) is 14.6 Å². The first-order chi connectivity index (χ1) is 15.2. The van der Waals surface area contributed by atoms with E-state index in [4.69, 9.17) is 11.6 Å².